The number of hydrogen-bond acceptors (Lipinski definition) is 0. The molecule has 0 unspecified atom stereocenters. The van der Waals surface area contributed by atoms with Crippen molar-refractivity contribution in [3.63, 3.8) is 0 Å². The molecule has 1 aliphatic rings. The molecule has 0 spiro atoms. The fraction of sp³-hybridized carbons (Fsp3) is 0.0345. The number of allylic oxidation sites excluding steroid dienone is 4. The van der Waals surface area contributed by atoms with Crippen molar-refractivity contribution in [2.45, 2.75) is 6.42 Å². The van der Waals surface area contributed by atoms with Crippen LogP contribution in [0.15, 0.2) is 144 Å². The molecule has 0 atom stereocenters. The van der Waals surface area contributed by atoms with E-state index in [2.05, 4.69) is 140 Å². The Morgan fingerprint density at radius 3 is 1.09 bits per heavy atom. The third kappa shape index (κ3) is 4.73. The summed E-state index contributed by atoms with van der Waals surface area (Å²) >= 11 is -0.723. The molecule has 4 aromatic carbocycles. The Hall–Kier alpha value is -2.26. The third-order valence-electron chi connectivity index (χ3n) is 5.13. The van der Waals surface area contributed by atoms with Crippen LogP contribution >= 0.6 is 13.2 Å². The monoisotopic (exact) mass is 491 g/mol. The number of rotatable bonds is 7. The van der Waals surface area contributed by atoms with E-state index >= 15 is 0 Å². The molecule has 0 nitrogen and oxygen atoms in total. The van der Waals surface area contributed by atoms with Gasteiger partial charge in [-0.15, -0.1) is 0 Å². The summed E-state index contributed by atoms with van der Waals surface area (Å²) in [6, 6.07) is 45.0. The fourth-order valence-corrected chi connectivity index (χ4v) is 22.4. The van der Waals surface area contributed by atoms with E-state index in [1.54, 1.807) is 4.47 Å². The maximum absolute atomic E-state index is 2.42. The topological polar surface area (TPSA) is 0 Å². The van der Waals surface area contributed by atoms with Crippen LogP contribution in [0.1, 0.15) is 6.42 Å². The van der Waals surface area contributed by atoms with Gasteiger partial charge < -0.3 is 0 Å². The van der Waals surface area contributed by atoms with Gasteiger partial charge in [-0.1, -0.05) is 0 Å². The number of hydrogen-bond donors (Lipinski definition) is 0. The Morgan fingerprint density at radius 2 is 0.812 bits per heavy atom. The first-order valence-electron chi connectivity index (χ1n) is 10.7. The summed E-state index contributed by atoms with van der Waals surface area (Å²) in [7, 11) is 0. The van der Waals surface area contributed by atoms with Crippen molar-refractivity contribution in [1.82, 2.24) is 0 Å². The van der Waals surface area contributed by atoms with Crippen LogP contribution in [-0.2, 0) is 13.0 Å². The minimum atomic E-state index is -0.723. The van der Waals surface area contributed by atoms with Crippen molar-refractivity contribution < 1.29 is 13.0 Å². The second-order valence-corrected chi connectivity index (χ2v) is 18.5. The van der Waals surface area contributed by atoms with Gasteiger partial charge in [0.25, 0.3) is 0 Å². The second-order valence-electron chi connectivity index (χ2n) is 7.34. The Balaban J connectivity index is 1.75. The molecule has 0 amide bonds. The van der Waals surface area contributed by atoms with E-state index in [1.165, 1.54) is 21.2 Å². The van der Waals surface area contributed by atoms with Gasteiger partial charge in [0.05, 0.1) is 0 Å². The van der Waals surface area contributed by atoms with Gasteiger partial charge in [0, 0.05) is 0 Å². The SMILES string of the molecule is C1=CC[C]([Fe]([P](c2ccccc2)c2ccccc2)[P](c2ccccc2)c2ccccc2)=C1. The van der Waals surface area contributed by atoms with Crippen molar-refractivity contribution in [1.29, 1.82) is 0 Å². The summed E-state index contributed by atoms with van der Waals surface area (Å²) < 4.78 is 1.64. The van der Waals surface area contributed by atoms with E-state index in [-0.39, 0.29) is 0 Å². The fourth-order valence-electron chi connectivity index (χ4n) is 3.67. The molecule has 0 bridgehead atoms. The van der Waals surface area contributed by atoms with E-state index in [9.17, 15) is 0 Å². The van der Waals surface area contributed by atoms with E-state index in [4.69, 9.17) is 0 Å². The van der Waals surface area contributed by atoms with Crippen molar-refractivity contribution >= 4 is 34.4 Å². The molecule has 32 heavy (non-hydrogen) atoms. The van der Waals surface area contributed by atoms with Crippen molar-refractivity contribution in [2.75, 3.05) is 0 Å². The molecule has 5 rings (SSSR count). The predicted octanol–water partition coefficient (Wildman–Crippen LogP) is 6.54. The molecule has 1 aliphatic carbocycles. The predicted molar refractivity (Wildman–Crippen MR) is 140 cm³/mol. The molecular weight excluding hydrogens is 466 g/mol. The maximum atomic E-state index is 2.42. The Kier molecular flexibility index (Phi) is 7.13. The molecule has 0 radical (unpaired) electrons. The summed E-state index contributed by atoms with van der Waals surface area (Å²) in [6.45, 7) is -1.02. The third-order valence-corrected chi connectivity index (χ3v) is 21.1. The van der Waals surface area contributed by atoms with Crippen LogP contribution in [0.25, 0.3) is 0 Å². The summed E-state index contributed by atoms with van der Waals surface area (Å²) in [5, 5.41) is 5.95. The van der Waals surface area contributed by atoms with Crippen LogP contribution in [-0.4, -0.2) is 0 Å². The second kappa shape index (κ2) is 10.6. The minimum absolute atomic E-state index is 0.508. The molecule has 0 heterocycles. The van der Waals surface area contributed by atoms with Gasteiger partial charge in [0.15, 0.2) is 0 Å². The molecule has 0 aromatic heterocycles. The zero-order valence-corrected chi connectivity index (χ0v) is 20.6. The Labute approximate surface area is 197 Å². The van der Waals surface area contributed by atoms with Gasteiger partial charge in [-0.2, -0.15) is 0 Å². The van der Waals surface area contributed by atoms with E-state index in [0.717, 1.165) is 6.42 Å². The van der Waals surface area contributed by atoms with Gasteiger partial charge in [-0.25, -0.2) is 0 Å². The van der Waals surface area contributed by atoms with E-state index in [0.29, 0.717) is 0 Å². The Morgan fingerprint density at radius 1 is 0.469 bits per heavy atom. The quantitative estimate of drug-likeness (QED) is 0.203. The standard InChI is InChI=1S/2C12H10P.C5H5.Fe/c2*1-3-7-11(8-4-1)13-12-9-5-2-6-10-12;1-2-4-5-3-1;/h2*1-10H;1-3H,4H2;/q2*-1;;+2. The van der Waals surface area contributed by atoms with Gasteiger partial charge in [-0.3, -0.25) is 0 Å². The average molecular weight is 491 g/mol. The first-order valence-corrected chi connectivity index (χ1v) is 16.7. The zero-order chi connectivity index (χ0) is 21.6. The first-order chi connectivity index (χ1) is 15.9. The van der Waals surface area contributed by atoms with Crippen LogP contribution in [0.3, 0.4) is 0 Å². The average Bonchev–Trinajstić information content (AvgIpc) is 3.41. The summed E-state index contributed by atoms with van der Waals surface area (Å²) in [4.78, 5) is 0. The van der Waals surface area contributed by atoms with Gasteiger partial charge in [0.1, 0.15) is 0 Å². The number of benzene rings is 4. The molecule has 0 saturated heterocycles. The molecule has 0 aliphatic heterocycles. The van der Waals surface area contributed by atoms with E-state index in [1.807, 2.05) is 0 Å². The van der Waals surface area contributed by atoms with Crippen LogP contribution in [0.5, 0.6) is 0 Å². The summed E-state index contributed by atoms with van der Waals surface area (Å²) in [6.07, 6.45) is 8.10. The zero-order valence-electron chi connectivity index (χ0n) is 17.7. The van der Waals surface area contributed by atoms with E-state index < -0.39 is 26.2 Å². The van der Waals surface area contributed by atoms with Gasteiger partial charge in [0.2, 0.25) is 0 Å². The van der Waals surface area contributed by atoms with Crippen LogP contribution in [0.4, 0.5) is 0 Å². The van der Waals surface area contributed by atoms with Gasteiger partial charge >= 0.3 is 198 Å². The van der Waals surface area contributed by atoms with Crippen molar-refractivity contribution in [3.05, 3.63) is 144 Å². The normalized spacial score (nSPS) is 13.4. The molecule has 3 heteroatoms. The molecule has 0 fully saturated rings. The molecule has 4 aromatic rings. The van der Waals surface area contributed by atoms with Crippen molar-refractivity contribution in [2.24, 2.45) is 0 Å². The summed E-state index contributed by atoms with van der Waals surface area (Å²) in [5.74, 6) is 0. The summed E-state index contributed by atoms with van der Waals surface area (Å²) in [5.41, 5.74) is 0. The van der Waals surface area contributed by atoms with Crippen LogP contribution < -0.4 is 21.2 Å². The van der Waals surface area contributed by atoms with Crippen LogP contribution in [0.2, 0.25) is 0 Å². The molecular formula is C29H25FeP2. The molecule has 159 valence electrons. The molecule has 0 N–H and O–H groups in total. The Bertz CT molecular complexity index is 1030. The molecule has 0 saturated carbocycles. The van der Waals surface area contributed by atoms with Gasteiger partial charge in [-0.05, 0) is 0 Å². The van der Waals surface area contributed by atoms with Crippen LogP contribution in [0, 0.1) is 0 Å². The first kappa shape index (κ1) is 21.6. The van der Waals surface area contributed by atoms with Crippen molar-refractivity contribution in [3.8, 4) is 0 Å².